The van der Waals surface area contributed by atoms with Gasteiger partial charge in [-0.25, -0.2) is 5.43 Å². The van der Waals surface area contributed by atoms with Gasteiger partial charge in [-0.2, -0.15) is 5.10 Å². The Labute approximate surface area is 161 Å². The molecule has 1 aromatic carbocycles. The highest BCUT2D eigenvalue weighted by Gasteiger charge is 2.12. The Morgan fingerprint density at radius 2 is 1.88 bits per heavy atom. The van der Waals surface area contributed by atoms with Crippen molar-refractivity contribution >= 4 is 35.3 Å². The molecule has 3 aromatic rings. The molecule has 1 amide bonds. The molecule has 0 atom stereocenters. The van der Waals surface area contributed by atoms with Gasteiger partial charge in [0.2, 0.25) is 0 Å². The molecule has 0 aliphatic heterocycles. The van der Waals surface area contributed by atoms with E-state index in [1.165, 1.54) is 0 Å². The molecule has 0 spiro atoms. The van der Waals surface area contributed by atoms with Gasteiger partial charge in [0.25, 0.3) is 0 Å². The molecular formula is C19H17Cl2N3O2. The summed E-state index contributed by atoms with van der Waals surface area (Å²) in [5, 5.41) is 5.03. The fourth-order valence-corrected chi connectivity index (χ4v) is 3.00. The number of amides is 1. The maximum atomic E-state index is 11.9. The zero-order valence-electron chi connectivity index (χ0n) is 14.5. The van der Waals surface area contributed by atoms with Crippen LogP contribution in [0.2, 0.25) is 10.0 Å². The normalized spacial score (nSPS) is 11.3. The molecule has 26 heavy (non-hydrogen) atoms. The van der Waals surface area contributed by atoms with Crippen molar-refractivity contribution in [2.24, 2.45) is 5.10 Å². The number of hydrazone groups is 1. The van der Waals surface area contributed by atoms with E-state index in [2.05, 4.69) is 10.5 Å². The topological polar surface area (TPSA) is 59.5 Å². The minimum absolute atomic E-state index is 0.223. The minimum atomic E-state index is -0.396. The average molecular weight is 390 g/mol. The Balaban J connectivity index is 1.81. The minimum Gasteiger partial charge on any atom is -0.456 e. The number of nitrogens with zero attached hydrogens (tertiary/aromatic N) is 2. The van der Waals surface area contributed by atoms with Gasteiger partial charge in [-0.1, -0.05) is 23.2 Å². The molecule has 0 aliphatic rings. The van der Waals surface area contributed by atoms with E-state index in [0.717, 1.165) is 22.6 Å². The molecule has 0 saturated carbocycles. The molecule has 3 rings (SSSR count). The van der Waals surface area contributed by atoms with Crippen LogP contribution in [-0.2, 0) is 0 Å². The monoisotopic (exact) mass is 389 g/mol. The van der Waals surface area contributed by atoms with E-state index in [1.54, 1.807) is 31.3 Å². The number of hydrogen-bond donors (Lipinski definition) is 1. The summed E-state index contributed by atoms with van der Waals surface area (Å²) in [6.07, 6.45) is 1.60. The van der Waals surface area contributed by atoms with Crippen molar-refractivity contribution in [1.82, 2.24) is 9.99 Å². The second-order valence-electron chi connectivity index (χ2n) is 5.87. The molecular weight excluding hydrogens is 373 g/mol. The molecule has 0 fully saturated rings. The van der Waals surface area contributed by atoms with Crippen molar-refractivity contribution in [2.45, 2.75) is 20.8 Å². The van der Waals surface area contributed by atoms with Crippen molar-refractivity contribution in [1.29, 1.82) is 0 Å². The van der Waals surface area contributed by atoms with Crippen molar-refractivity contribution in [3.8, 4) is 5.69 Å². The lowest BCUT2D eigenvalue weighted by Gasteiger charge is -2.10. The van der Waals surface area contributed by atoms with Crippen molar-refractivity contribution in [2.75, 3.05) is 0 Å². The largest absolute Gasteiger partial charge is 0.456 e. The maximum absolute atomic E-state index is 11.9. The number of nitrogens with one attached hydrogen (secondary N) is 1. The fraction of sp³-hybridized carbons (Fsp3) is 0.158. The number of halogens is 2. The van der Waals surface area contributed by atoms with Crippen LogP contribution in [0.4, 0.5) is 0 Å². The van der Waals surface area contributed by atoms with Crippen molar-refractivity contribution in [3.63, 3.8) is 0 Å². The van der Waals surface area contributed by atoms with E-state index >= 15 is 0 Å². The second-order valence-corrected chi connectivity index (χ2v) is 6.68. The third-order valence-electron chi connectivity index (χ3n) is 3.97. The van der Waals surface area contributed by atoms with Crippen LogP contribution in [0.1, 0.15) is 33.3 Å². The average Bonchev–Trinajstić information content (AvgIpc) is 3.14. The number of rotatable bonds is 4. The Kier molecular flexibility index (Phi) is 5.20. The van der Waals surface area contributed by atoms with Crippen LogP contribution in [0.3, 0.4) is 0 Å². The van der Waals surface area contributed by atoms with Gasteiger partial charge in [-0.05, 0) is 57.2 Å². The van der Waals surface area contributed by atoms with Gasteiger partial charge >= 0.3 is 5.91 Å². The van der Waals surface area contributed by atoms with Crippen LogP contribution in [0.15, 0.2) is 45.9 Å². The molecule has 1 N–H and O–H groups in total. The van der Waals surface area contributed by atoms with Gasteiger partial charge in [0, 0.05) is 22.6 Å². The van der Waals surface area contributed by atoms with Crippen LogP contribution in [0.25, 0.3) is 5.69 Å². The van der Waals surface area contributed by atoms with E-state index in [9.17, 15) is 4.79 Å². The molecule has 5 nitrogen and oxygen atoms in total. The van der Waals surface area contributed by atoms with Crippen LogP contribution in [0.5, 0.6) is 0 Å². The number of furan rings is 1. The molecule has 7 heteroatoms. The number of carbonyl (C=O) groups is 1. The highest BCUT2D eigenvalue weighted by molar-refractivity contribution is 6.42. The molecule has 134 valence electrons. The number of aryl methyl sites for hydroxylation is 2. The molecule has 0 saturated heterocycles. The first-order chi connectivity index (χ1) is 12.4. The summed E-state index contributed by atoms with van der Waals surface area (Å²) in [6, 6.07) is 10.8. The number of hydrogen-bond acceptors (Lipinski definition) is 3. The molecule has 2 heterocycles. The van der Waals surface area contributed by atoms with Gasteiger partial charge in [-0.15, -0.1) is 0 Å². The predicted octanol–water partition coefficient (Wildman–Crippen LogP) is 5.07. The summed E-state index contributed by atoms with van der Waals surface area (Å²) in [4.78, 5) is 11.9. The zero-order valence-corrected chi connectivity index (χ0v) is 16.0. The highest BCUT2D eigenvalue weighted by Crippen LogP contribution is 2.27. The Morgan fingerprint density at radius 3 is 2.54 bits per heavy atom. The van der Waals surface area contributed by atoms with E-state index in [-0.39, 0.29) is 5.76 Å². The summed E-state index contributed by atoms with van der Waals surface area (Å²) in [5.74, 6) is 0.498. The summed E-state index contributed by atoms with van der Waals surface area (Å²) < 4.78 is 7.30. The Bertz CT molecular complexity index is 1000. The molecule has 0 bridgehead atoms. The standard InChI is InChI=1S/C19H17Cl2N3O2/c1-11-8-14(10-22-23-19(25)18-7-4-12(2)26-18)13(3)24(11)15-5-6-16(20)17(21)9-15/h4-10H,1-3H3,(H,23,25)/b22-10-. The summed E-state index contributed by atoms with van der Waals surface area (Å²) in [5.41, 5.74) is 6.22. The number of benzene rings is 1. The first kappa shape index (κ1) is 18.3. The van der Waals surface area contributed by atoms with E-state index in [0.29, 0.717) is 15.8 Å². The SMILES string of the molecule is Cc1ccc(C(=O)N/N=C\c2cc(C)n(-c3ccc(Cl)c(Cl)c3)c2C)o1. The number of aromatic nitrogens is 1. The van der Waals surface area contributed by atoms with Gasteiger partial charge in [0.15, 0.2) is 5.76 Å². The van der Waals surface area contributed by atoms with Gasteiger partial charge in [0.1, 0.15) is 5.76 Å². The first-order valence-corrected chi connectivity index (χ1v) is 8.66. The third kappa shape index (κ3) is 3.69. The molecule has 0 aliphatic carbocycles. The number of carbonyl (C=O) groups excluding carboxylic acids is 1. The van der Waals surface area contributed by atoms with E-state index in [4.69, 9.17) is 27.6 Å². The summed E-state index contributed by atoms with van der Waals surface area (Å²) in [6.45, 7) is 5.73. The molecule has 0 unspecified atom stereocenters. The van der Waals surface area contributed by atoms with Crippen LogP contribution in [0, 0.1) is 20.8 Å². The predicted molar refractivity (Wildman–Crippen MR) is 104 cm³/mol. The second kappa shape index (κ2) is 7.40. The van der Waals surface area contributed by atoms with E-state index < -0.39 is 5.91 Å². The highest BCUT2D eigenvalue weighted by atomic mass is 35.5. The third-order valence-corrected chi connectivity index (χ3v) is 4.70. The van der Waals surface area contributed by atoms with Gasteiger partial charge < -0.3 is 8.98 Å². The molecule has 0 radical (unpaired) electrons. The van der Waals surface area contributed by atoms with E-state index in [1.807, 2.05) is 36.6 Å². The zero-order chi connectivity index (χ0) is 18.8. The molecule has 2 aromatic heterocycles. The quantitative estimate of drug-likeness (QED) is 0.500. The van der Waals surface area contributed by atoms with Crippen molar-refractivity contribution in [3.05, 3.63) is 74.9 Å². The van der Waals surface area contributed by atoms with Gasteiger partial charge in [-0.3, -0.25) is 4.79 Å². The Hall–Kier alpha value is -2.50. The lowest BCUT2D eigenvalue weighted by molar-refractivity contribution is 0.0926. The smallest absolute Gasteiger partial charge is 0.307 e. The fourth-order valence-electron chi connectivity index (χ4n) is 2.71. The lowest BCUT2D eigenvalue weighted by Crippen LogP contribution is -2.16. The Morgan fingerprint density at radius 1 is 1.12 bits per heavy atom. The summed E-state index contributed by atoms with van der Waals surface area (Å²) in [7, 11) is 0. The van der Waals surface area contributed by atoms with Crippen LogP contribution in [-0.4, -0.2) is 16.7 Å². The van der Waals surface area contributed by atoms with Crippen LogP contribution >= 0.6 is 23.2 Å². The first-order valence-electron chi connectivity index (χ1n) is 7.91. The maximum Gasteiger partial charge on any atom is 0.307 e. The van der Waals surface area contributed by atoms with Gasteiger partial charge in [0.05, 0.1) is 16.3 Å². The summed E-state index contributed by atoms with van der Waals surface area (Å²) >= 11 is 12.1. The van der Waals surface area contributed by atoms with Crippen LogP contribution < -0.4 is 5.43 Å². The lowest BCUT2D eigenvalue weighted by atomic mass is 10.2. The van der Waals surface area contributed by atoms with Crippen molar-refractivity contribution < 1.29 is 9.21 Å².